The van der Waals surface area contributed by atoms with Gasteiger partial charge in [0.25, 0.3) is 11.8 Å². The Bertz CT molecular complexity index is 741. The third-order valence-corrected chi connectivity index (χ3v) is 3.92. The molecule has 0 bridgehead atoms. The zero-order valence-electron chi connectivity index (χ0n) is 15.0. The fourth-order valence-corrected chi connectivity index (χ4v) is 2.41. The van der Waals surface area contributed by atoms with Gasteiger partial charge in [0.1, 0.15) is 0 Å². The Morgan fingerprint density at radius 1 is 1.08 bits per heavy atom. The van der Waals surface area contributed by atoms with Crippen molar-refractivity contribution < 1.29 is 9.59 Å². The predicted octanol–water partition coefficient (Wildman–Crippen LogP) is 3.67. The van der Waals surface area contributed by atoms with Gasteiger partial charge in [-0.1, -0.05) is 39.0 Å². The fraction of sp³-hybridized carbons (Fsp3) is 0.350. The predicted molar refractivity (Wildman–Crippen MR) is 99.8 cm³/mol. The van der Waals surface area contributed by atoms with Crippen LogP contribution >= 0.6 is 0 Å². The normalized spacial score (nSPS) is 10.6. The summed E-state index contributed by atoms with van der Waals surface area (Å²) < 4.78 is 0. The topological polar surface area (TPSA) is 71.1 Å². The number of carbonyl (C=O) groups excluding carboxylic acids is 2. The monoisotopic (exact) mass is 339 g/mol. The summed E-state index contributed by atoms with van der Waals surface area (Å²) in [4.78, 5) is 28.7. The molecular formula is C20H25N3O2. The van der Waals surface area contributed by atoms with Crippen LogP contribution in [-0.4, -0.2) is 23.3 Å². The molecule has 132 valence electrons. The summed E-state index contributed by atoms with van der Waals surface area (Å²) in [5.41, 5.74) is 2.59. The van der Waals surface area contributed by atoms with Crippen molar-refractivity contribution >= 4 is 17.5 Å². The Morgan fingerprint density at radius 2 is 1.76 bits per heavy atom. The fourth-order valence-electron chi connectivity index (χ4n) is 2.41. The van der Waals surface area contributed by atoms with Crippen molar-refractivity contribution in [3.8, 4) is 0 Å². The molecule has 5 nitrogen and oxygen atoms in total. The zero-order chi connectivity index (χ0) is 18.2. The molecule has 0 saturated heterocycles. The Kier molecular flexibility index (Phi) is 6.69. The van der Waals surface area contributed by atoms with E-state index in [4.69, 9.17) is 0 Å². The Labute approximate surface area is 148 Å². The van der Waals surface area contributed by atoms with Crippen molar-refractivity contribution in [1.82, 2.24) is 10.3 Å². The van der Waals surface area contributed by atoms with E-state index < -0.39 is 0 Å². The van der Waals surface area contributed by atoms with Crippen LogP contribution in [0.4, 0.5) is 5.69 Å². The molecule has 0 atom stereocenters. The summed E-state index contributed by atoms with van der Waals surface area (Å²) in [6.45, 7) is 6.85. The molecule has 1 heterocycles. The van der Waals surface area contributed by atoms with Gasteiger partial charge in [-0.2, -0.15) is 0 Å². The number of aromatic nitrogens is 1. The number of aryl methyl sites for hydroxylation is 1. The average Bonchev–Trinajstić information content (AvgIpc) is 2.61. The number of pyridine rings is 1. The molecule has 0 saturated carbocycles. The summed E-state index contributed by atoms with van der Waals surface area (Å²) in [6, 6.07) is 9.24. The van der Waals surface area contributed by atoms with E-state index in [1.165, 1.54) is 12.4 Å². The molecule has 1 aromatic heterocycles. The lowest BCUT2D eigenvalue weighted by Gasteiger charge is -2.10. The zero-order valence-corrected chi connectivity index (χ0v) is 15.0. The molecule has 0 aliphatic heterocycles. The second kappa shape index (κ2) is 8.97. The first-order valence-electron chi connectivity index (χ1n) is 8.63. The van der Waals surface area contributed by atoms with E-state index in [0.717, 1.165) is 24.1 Å². The van der Waals surface area contributed by atoms with Crippen molar-refractivity contribution in [1.29, 1.82) is 0 Å². The largest absolute Gasteiger partial charge is 0.352 e. The summed E-state index contributed by atoms with van der Waals surface area (Å²) in [5, 5.41) is 5.75. The van der Waals surface area contributed by atoms with Gasteiger partial charge in [-0.15, -0.1) is 0 Å². The minimum Gasteiger partial charge on any atom is -0.352 e. The van der Waals surface area contributed by atoms with E-state index >= 15 is 0 Å². The standard InChI is InChI=1S/C20H25N3O2/c1-4-15-7-5-6-8-18(15)23-20(25)17-11-16(12-21-13-17)19(24)22-10-9-14(2)3/h5-8,11-14H,4,9-10H2,1-3H3,(H,22,24)(H,23,25). The molecule has 0 spiro atoms. The van der Waals surface area contributed by atoms with Gasteiger partial charge in [0, 0.05) is 24.6 Å². The van der Waals surface area contributed by atoms with Crippen molar-refractivity contribution in [2.24, 2.45) is 5.92 Å². The average molecular weight is 339 g/mol. The van der Waals surface area contributed by atoms with Gasteiger partial charge in [0.2, 0.25) is 0 Å². The first-order valence-corrected chi connectivity index (χ1v) is 8.63. The number of carbonyl (C=O) groups is 2. The summed E-state index contributed by atoms with van der Waals surface area (Å²) in [6.07, 6.45) is 4.68. The Morgan fingerprint density at radius 3 is 2.44 bits per heavy atom. The first kappa shape index (κ1) is 18.6. The maximum Gasteiger partial charge on any atom is 0.257 e. The van der Waals surface area contributed by atoms with Crippen LogP contribution in [-0.2, 0) is 6.42 Å². The van der Waals surface area contributed by atoms with Crippen LogP contribution in [0.5, 0.6) is 0 Å². The van der Waals surface area contributed by atoms with Crippen molar-refractivity contribution in [3.05, 3.63) is 59.4 Å². The van der Waals surface area contributed by atoms with Gasteiger partial charge < -0.3 is 10.6 Å². The van der Waals surface area contributed by atoms with E-state index in [2.05, 4.69) is 29.5 Å². The molecule has 0 unspecified atom stereocenters. The van der Waals surface area contributed by atoms with Gasteiger partial charge in [-0.25, -0.2) is 0 Å². The van der Waals surface area contributed by atoms with Gasteiger partial charge in [0.05, 0.1) is 11.1 Å². The van der Waals surface area contributed by atoms with Crippen molar-refractivity contribution in [3.63, 3.8) is 0 Å². The quantitative estimate of drug-likeness (QED) is 0.808. The summed E-state index contributed by atoms with van der Waals surface area (Å²) in [7, 11) is 0. The second-order valence-corrected chi connectivity index (χ2v) is 6.37. The van der Waals surface area contributed by atoms with Crippen LogP contribution in [0.2, 0.25) is 0 Å². The van der Waals surface area contributed by atoms with Gasteiger partial charge in [0.15, 0.2) is 0 Å². The van der Waals surface area contributed by atoms with Crippen LogP contribution in [0, 0.1) is 5.92 Å². The second-order valence-electron chi connectivity index (χ2n) is 6.37. The van der Waals surface area contributed by atoms with Gasteiger partial charge in [-0.05, 0) is 36.5 Å². The highest BCUT2D eigenvalue weighted by molar-refractivity contribution is 6.06. The molecular weight excluding hydrogens is 314 g/mol. The van der Waals surface area contributed by atoms with Crippen molar-refractivity contribution in [2.75, 3.05) is 11.9 Å². The minimum atomic E-state index is -0.273. The molecule has 0 aliphatic rings. The number of hydrogen-bond donors (Lipinski definition) is 2. The van der Waals surface area contributed by atoms with Crippen LogP contribution < -0.4 is 10.6 Å². The van der Waals surface area contributed by atoms with E-state index in [0.29, 0.717) is 23.6 Å². The molecule has 0 radical (unpaired) electrons. The molecule has 0 fully saturated rings. The lowest BCUT2D eigenvalue weighted by atomic mass is 10.1. The third-order valence-electron chi connectivity index (χ3n) is 3.92. The van der Waals surface area contributed by atoms with E-state index in [1.54, 1.807) is 6.07 Å². The van der Waals surface area contributed by atoms with Crippen LogP contribution in [0.3, 0.4) is 0 Å². The van der Waals surface area contributed by atoms with Gasteiger partial charge >= 0.3 is 0 Å². The lowest BCUT2D eigenvalue weighted by Crippen LogP contribution is -2.26. The number of amides is 2. The minimum absolute atomic E-state index is 0.211. The molecule has 2 N–H and O–H groups in total. The first-order chi connectivity index (χ1) is 12.0. The SMILES string of the molecule is CCc1ccccc1NC(=O)c1cncc(C(=O)NCCC(C)C)c1. The van der Waals surface area contributed by atoms with Crippen LogP contribution in [0.1, 0.15) is 53.5 Å². The molecule has 0 aliphatic carbocycles. The number of nitrogens with one attached hydrogen (secondary N) is 2. The molecule has 2 aromatic rings. The number of rotatable bonds is 7. The van der Waals surface area contributed by atoms with Crippen LogP contribution in [0.25, 0.3) is 0 Å². The number of anilines is 1. The van der Waals surface area contributed by atoms with E-state index in [-0.39, 0.29) is 11.8 Å². The number of para-hydroxylation sites is 1. The number of hydrogen-bond acceptors (Lipinski definition) is 3. The van der Waals surface area contributed by atoms with Crippen LogP contribution in [0.15, 0.2) is 42.7 Å². The molecule has 1 aromatic carbocycles. The lowest BCUT2D eigenvalue weighted by molar-refractivity contribution is 0.0951. The molecule has 2 amide bonds. The third kappa shape index (κ3) is 5.41. The number of nitrogens with zero attached hydrogens (tertiary/aromatic N) is 1. The Hall–Kier alpha value is -2.69. The van der Waals surface area contributed by atoms with E-state index in [9.17, 15) is 9.59 Å². The molecule has 5 heteroatoms. The maximum absolute atomic E-state index is 12.5. The van der Waals surface area contributed by atoms with E-state index in [1.807, 2.05) is 31.2 Å². The molecule has 2 rings (SSSR count). The van der Waals surface area contributed by atoms with Crippen molar-refractivity contribution in [2.45, 2.75) is 33.6 Å². The highest BCUT2D eigenvalue weighted by atomic mass is 16.2. The van der Waals surface area contributed by atoms with Gasteiger partial charge in [-0.3, -0.25) is 14.6 Å². The Balaban J connectivity index is 2.07. The highest BCUT2D eigenvalue weighted by Gasteiger charge is 2.12. The summed E-state index contributed by atoms with van der Waals surface area (Å²) >= 11 is 0. The molecule has 25 heavy (non-hydrogen) atoms. The smallest absolute Gasteiger partial charge is 0.257 e. The summed E-state index contributed by atoms with van der Waals surface area (Å²) in [5.74, 6) is 0.0381. The number of benzene rings is 1. The maximum atomic E-state index is 12.5. The highest BCUT2D eigenvalue weighted by Crippen LogP contribution is 2.16.